The highest BCUT2D eigenvalue weighted by atomic mass is 32.1. The molecule has 0 saturated carbocycles. The van der Waals surface area contributed by atoms with Crippen LogP contribution in [0.5, 0.6) is 0 Å². The summed E-state index contributed by atoms with van der Waals surface area (Å²) in [7, 11) is 0. The SMILES string of the molecule is O=C(COC(=O)/C=C/c1ccsc1)Nc1nc2c(F)c(F)c(F)cc2s1. The Hall–Kier alpha value is -2.72. The van der Waals surface area contributed by atoms with Gasteiger partial charge >= 0.3 is 5.97 Å². The van der Waals surface area contributed by atoms with Gasteiger partial charge in [0.2, 0.25) is 0 Å². The van der Waals surface area contributed by atoms with Gasteiger partial charge in [0.1, 0.15) is 5.52 Å². The number of hydrogen-bond acceptors (Lipinski definition) is 6. The van der Waals surface area contributed by atoms with E-state index in [1.54, 1.807) is 6.07 Å². The molecule has 2 heterocycles. The van der Waals surface area contributed by atoms with Crippen molar-refractivity contribution in [2.75, 3.05) is 11.9 Å². The van der Waals surface area contributed by atoms with Gasteiger partial charge in [0, 0.05) is 6.08 Å². The molecular formula is C16H9F3N2O3S2. The van der Waals surface area contributed by atoms with Gasteiger partial charge in [0.05, 0.1) is 4.70 Å². The first-order chi connectivity index (χ1) is 12.4. The van der Waals surface area contributed by atoms with Crippen molar-refractivity contribution < 1.29 is 27.5 Å². The first kappa shape index (κ1) is 18.1. The van der Waals surface area contributed by atoms with Gasteiger partial charge in [-0.05, 0) is 34.5 Å². The van der Waals surface area contributed by atoms with E-state index in [-0.39, 0.29) is 15.3 Å². The summed E-state index contributed by atoms with van der Waals surface area (Å²) in [6, 6.07) is 2.59. The fourth-order valence-corrected chi connectivity index (χ4v) is 3.43. The molecule has 26 heavy (non-hydrogen) atoms. The second-order valence-electron chi connectivity index (χ2n) is 4.90. The second-order valence-corrected chi connectivity index (χ2v) is 6.71. The van der Waals surface area contributed by atoms with Gasteiger partial charge in [-0.15, -0.1) is 0 Å². The van der Waals surface area contributed by atoms with E-state index in [0.717, 1.165) is 23.0 Å². The normalized spacial score (nSPS) is 11.2. The maximum absolute atomic E-state index is 13.6. The van der Waals surface area contributed by atoms with Gasteiger partial charge < -0.3 is 4.74 Å². The monoisotopic (exact) mass is 398 g/mol. The molecule has 0 aliphatic carbocycles. The van der Waals surface area contributed by atoms with Crippen LogP contribution in [0.1, 0.15) is 5.56 Å². The van der Waals surface area contributed by atoms with Crippen LogP contribution < -0.4 is 5.32 Å². The lowest BCUT2D eigenvalue weighted by Gasteiger charge is -2.01. The first-order valence-corrected chi connectivity index (χ1v) is 8.81. The standard InChI is InChI=1S/C16H9F3N2O3S2/c17-9-5-10-15(14(19)13(9)18)21-16(26-10)20-11(22)6-24-12(23)2-1-8-3-4-25-7-8/h1-5,7H,6H2,(H,20,21,22)/b2-1+. The average molecular weight is 398 g/mol. The zero-order valence-corrected chi connectivity index (χ0v) is 14.4. The number of thiophene rings is 1. The van der Waals surface area contributed by atoms with Gasteiger partial charge in [0.15, 0.2) is 29.2 Å². The van der Waals surface area contributed by atoms with Gasteiger partial charge in [0.25, 0.3) is 5.91 Å². The highest BCUT2D eigenvalue weighted by Gasteiger charge is 2.18. The zero-order chi connectivity index (χ0) is 18.7. The van der Waals surface area contributed by atoms with Crippen LogP contribution in [0, 0.1) is 17.5 Å². The molecule has 1 amide bonds. The number of benzene rings is 1. The lowest BCUT2D eigenvalue weighted by molar-refractivity contribution is -0.142. The van der Waals surface area contributed by atoms with Crippen LogP contribution in [0.2, 0.25) is 0 Å². The largest absolute Gasteiger partial charge is 0.452 e. The number of hydrogen-bond donors (Lipinski definition) is 1. The molecule has 0 fully saturated rings. The summed E-state index contributed by atoms with van der Waals surface area (Å²) in [5.74, 6) is -5.84. The number of nitrogens with one attached hydrogen (secondary N) is 1. The summed E-state index contributed by atoms with van der Waals surface area (Å²) in [5.41, 5.74) is 0.437. The lowest BCUT2D eigenvalue weighted by atomic mass is 10.3. The predicted octanol–water partition coefficient (Wildman–Crippen LogP) is 3.97. The van der Waals surface area contributed by atoms with Gasteiger partial charge in [-0.1, -0.05) is 11.3 Å². The topological polar surface area (TPSA) is 68.3 Å². The Morgan fingerprint density at radius 1 is 1.27 bits per heavy atom. The van der Waals surface area contributed by atoms with Crippen molar-refractivity contribution in [2.45, 2.75) is 0 Å². The number of rotatable bonds is 5. The Kier molecular flexibility index (Phi) is 5.33. The highest BCUT2D eigenvalue weighted by molar-refractivity contribution is 7.22. The van der Waals surface area contributed by atoms with E-state index >= 15 is 0 Å². The second kappa shape index (κ2) is 7.67. The maximum atomic E-state index is 13.6. The third-order valence-corrected chi connectivity index (χ3v) is 4.69. The van der Waals surface area contributed by atoms with Crippen molar-refractivity contribution in [3.8, 4) is 0 Å². The van der Waals surface area contributed by atoms with Gasteiger partial charge in [-0.2, -0.15) is 11.3 Å². The van der Waals surface area contributed by atoms with Crippen molar-refractivity contribution in [1.29, 1.82) is 0 Å². The van der Waals surface area contributed by atoms with Crippen LogP contribution in [0.3, 0.4) is 0 Å². The quantitative estimate of drug-likeness (QED) is 0.401. The van der Waals surface area contributed by atoms with Gasteiger partial charge in [-0.3, -0.25) is 10.1 Å². The van der Waals surface area contributed by atoms with Crippen LogP contribution in [0.4, 0.5) is 18.3 Å². The molecule has 0 atom stereocenters. The summed E-state index contributed by atoms with van der Waals surface area (Å²) in [6.45, 7) is -0.589. The number of anilines is 1. The van der Waals surface area contributed by atoms with Crippen LogP contribution >= 0.6 is 22.7 Å². The number of halogens is 3. The molecule has 5 nitrogen and oxygen atoms in total. The minimum absolute atomic E-state index is 0.0346. The predicted molar refractivity (Wildman–Crippen MR) is 92.4 cm³/mol. The Morgan fingerprint density at radius 3 is 2.81 bits per heavy atom. The van der Waals surface area contributed by atoms with Crippen LogP contribution in [-0.2, 0) is 14.3 Å². The average Bonchev–Trinajstić information content (AvgIpc) is 3.26. The van der Waals surface area contributed by atoms with Crippen molar-refractivity contribution in [1.82, 2.24) is 4.98 Å². The van der Waals surface area contributed by atoms with Crippen LogP contribution in [-0.4, -0.2) is 23.5 Å². The Balaban J connectivity index is 1.59. The Bertz CT molecular complexity index is 1000. The van der Waals surface area contributed by atoms with Crippen LogP contribution in [0.15, 0.2) is 29.0 Å². The summed E-state index contributed by atoms with van der Waals surface area (Å²) in [5, 5.41) is 5.88. The Morgan fingerprint density at radius 2 is 2.08 bits per heavy atom. The highest BCUT2D eigenvalue weighted by Crippen LogP contribution is 2.30. The van der Waals surface area contributed by atoms with Crippen LogP contribution in [0.25, 0.3) is 16.3 Å². The maximum Gasteiger partial charge on any atom is 0.331 e. The molecule has 0 spiro atoms. The van der Waals surface area contributed by atoms with E-state index < -0.39 is 35.9 Å². The molecule has 0 bridgehead atoms. The number of aromatic nitrogens is 1. The number of nitrogens with zero attached hydrogens (tertiary/aromatic N) is 1. The molecule has 2 aromatic heterocycles. The zero-order valence-electron chi connectivity index (χ0n) is 12.8. The molecule has 0 radical (unpaired) electrons. The number of amides is 1. The summed E-state index contributed by atoms with van der Waals surface area (Å²) in [4.78, 5) is 27.0. The molecule has 3 aromatic rings. The fraction of sp³-hybridized carbons (Fsp3) is 0.0625. The number of esters is 1. The number of ether oxygens (including phenoxy) is 1. The van der Waals surface area contributed by atoms with E-state index in [2.05, 4.69) is 10.3 Å². The van der Waals surface area contributed by atoms with E-state index in [4.69, 9.17) is 4.74 Å². The molecule has 1 N–H and O–H groups in total. The van der Waals surface area contributed by atoms with Crippen molar-refractivity contribution in [3.05, 3.63) is 52.0 Å². The minimum Gasteiger partial charge on any atom is -0.452 e. The molecule has 10 heteroatoms. The van der Waals surface area contributed by atoms with Crippen molar-refractivity contribution >= 4 is 56.0 Å². The smallest absolute Gasteiger partial charge is 0.331 e. The number of carbonyl (C=O) groups excluding carboxylic acids is 2. The van der Waals surface area contributed by atoms with E-state index in [9.17, 15) is 22.8 Å². The third-order valence-electron chi connectivity index (χ3n) is 3.07. The number of fused-ring (bicyclic) bond motifs is 1. The third kappa shape index (κ3) is 4.09. The lowest BCUT2D eigenvalue weighted by Crippen LogP contribution is -2.20. The summed E-state index contributed by atoms with van der Waals surface area (Å²) < 4.78 is 44.8. The molecule has 3 rings (SSSR count). The van der Waals surface area contributed by atoms with E-state index in [1.165, 1.54) is 23.5 Å². The molecule has 0 saturated heterocycles. The van der Waals surface area contributed by atoms with E-state index in [0.29, 0.717) is 0 Å². The van der Waals surface area contributed by atoms with Crippen molar-refractivity contribution in [2.24, 2.45) is 0 Å². The summed E-state index contributed by atoms with van der Waals surface area (Å²) >= 11 is 2.23. The van der Waals surface area contributed by atoms with E-state index in [1.807, 2.05) is 10.8 Å². The molecule has 0 aliphatic rings. The molecule has 0 unspecified atom stereocenters. The Labute approximate surface area is 152 Å². The molecule has 1 aromatic carbocycles. The van der Waals surface area contributed by atoms with Gasteiger partial charge in [-0.25, -0.2) is 22.9 Å². The first-order valence-electron chi connectivity index (χ1n) is 7.05. The summed E-state index contributed by atoms with van der Waals surface area (Å²) in [6.07, 6.45) is 2.71. The number of carbonyl (C=O) groups is 2. The molecular weight excluding hydrogens is 389 g/mol. The molecule has 0 aliphatic heterocycles. The molecule has 134 valence electrons. The van der Waals surface area contributed by atoms with Crippen molar-refractivity contribution in [3.63, 3.8) is 0 Å². The number of thiazole rings is 1. The fourth-order valence-electron chi connectivity index (χ4n) is 1.90. The minimum atomic E-state index is -1.63.